The van der Waals surface area contributed by atoms with E-state index in [9.17, 15) is 0 Å². The maximum absolute atomic E-state index is 6.00. The summed E-state index contributed by atoms with van der Waals surface area (Å²) in [6.07, 6.45) is 0.920. The van der Waals surface area contributed by atoms with Crippen molar-refractivity contribution in [2.45, 2.75) is 12.5 Å². The molecular weight excluding hydrogens is 392 g/mol. The first-order valence-corrected chi connectivity index (χ1v) is 6.21. The fourth-order valence-corrected chi connectivity index (χ4v) is 3.50. The third-order valence-electron chi connectivity index (χ3n) is 2.11. The molecule has 2 nitrogen and oxygen atoms in total. The molecule has 0 aromatic heterocycles. The van der Waals surface area contributed by atoms with E-state index < -0.39 is 0 Å². The molecular formula is C9H9I2NO. The van der Waals surface area contributed by atoms with E-state index in [2.05, 4.69) is 57.3 Å². The van der Waals surface area contributed by atoms with Crippen molar-refractivity contribution in [2.24, 2.45) is 5.73 Å². The van der Waals surface area contributed by atoms with Gasteiger partial charge in [-0.05, 0) is 57.3 Å². The molecule has 13 heavy (non-hydrogen) atoms. The van der Waals surface area contributed by atoms with Crippen LogP contribution in [0.5, 0.6) is 5.75 Å². The Labute approximate surface area is 104 Å². The van der Waals surface area contributed by atoms with Gasteiger partial charge in [0.15, 0.2) is 0 Å². The fraction of sp³-hybridized carbons (Fsp3) is 0.333. The van der Waals surface area contributed by atoms with Crippen molar-refractivity contribution in [1.82, 2.24) is 0 Å². The normalized spacial score (nSPS) is 20.7. The molecule has 1 aromatic rings. The van der Waals surface area contributed by atoms with Crippen LogP contribution in [-0.2, 0) is 0 Å². The smallest absolute Gasteiger partial charge is 0.137 e. The molecule has 0 spiro atoms. The Kier molecular flexibility index (Phi) is 2.99. The number of hydrogen-bond acceptors (Lipinski definition) is 2. The van der Waals surface area contributed by atoms with Crippen LogP contribution < -0.4 is 10.5 Å². The van der Waals surface area contributed by atoms with Gasteiger partial charge in [0.05, 0.1) is 10.2 Å². The van der Waals surface area contributed by atoms with Crippen molar-refractivity contribution in [2.75, 3.05) is 6.61 Å². The lowest BCUT2D eigenvalue weighted by atomic mass is 10.0. The minimum Gasteiger partial charge on any atom is -0.492 e. The Morgan fingerprint density at radius 1 is 1.38 bits per heavy atom. The molecule has 1 atom stereocenters. The van der Waals surface area contributed by atoms with Crippen molar-refractivity contribution < 1.29 is 4.74 Å². The van der Waals surface area contributed by atoms with E-state index in [1.165, 1.54) is 3.57 Å². The average Bonchev–Trinajstić information content (AvgIpc) is 2.07. The number of nitrogens with two attached hydrogens (primary N) is 1. The van der Waals surface area contributed by atoms with Crippen LogP contribution in [0.3, 0.4) is 0 Å². The van der Waals surface area contributed by atoms with Crippen LogP contribution in [0.15, 0.2) is 12.1 Å². The molecule has 1 aromatic carbocycles. The first-order valence-electron chi connectivity index (χ1n) is 4.06. The molecule has 2 N–H and O–H groups in total. The number of halogens is 2. The minimum atomic E-state index is 0.145. The van der Waals surface area contributed by atoms with Crippen molar-refractivity contribution in [3.05, 3.63) is 24.8 Å². The molecule has 70 valence electrons. The highest BCUT2D eigenvalue weighted by molar-refractivity contribution is 14.1. The van der Waals surface area contributed by atoms with Crippen LogP contribution in [0, 0.1) is 7.14 Å². The van der Waals surface area contributed by atoms with Gasteiger partial charge in [0.25, 0.3) is 0 Å². The highest BCUT2D eigenvalue weighted by atomic mass is 127. The second kappa shape index (κ2) is 3.90. The van der Waals surface area contributed by atoms with Crippen LogP contribution in [0.2, 0.25) is 0 Å². The average molecular weight is 401 g/mol. The molecule has 0 bridgehead atoms. The summed E-state index contributed by atoms with van der Waals surface area (Å²) in [5, 5.41) is 0. The Bertz CT molecular complexity index is 341. The number of ether oxygens (including phenoxy) is 1. The molecule has 0 unspecified atom stereocenters. The lowest BCUT2D eigenvalue weighted by Crippen LogP contribution is -2.21. The molecule has 0 radical (unpaired) electrons. The zero-order valence-corrected chi connectivity index (χ0v) is 11.2. The highest BCUT2D eigenvalue weighted by Gasteiger charge is 2.20. The van der Waals surface area contributed by atoms with Crippen molar-refractivity contribution in [3.63, 3.8) is 0 Å². The first kappa shape index (κ1) is 9.97. The van der Waals surface area contributed by atoms with E-state index in [0.717, 1.165) is 27.9 Å². The zero-order chi connectivity index (χ0) is 9.42. The van der Waals surface area contributed by atoms with E-state index in [4.69, 9.17) is 10.5 Å². The number of fused-ring (bicyclic) bond motifs is 1. The summed E-state index contributed by atoms with van der Waals surface area (Å²) in [6.45, 7) is 0.741. The Morgan fingerprint density at radius 2 is 2.15 bits per heavy atom. The monoisotopic (exact) mass is 401 g/mol. The second-order valence-corrected chi connectivity index (χ2v) is 5.46. The molecule has 0 saturated carbocycles. The molecule has 1 aliphatic rings. The summed E-state index contributed by atoms with van der Waals surface area (Å²) in [5.41, 5.74) is 7.15. The number of benzene rings is 1. The van der Waals surface area contributed by atoms with Crippen LogP contribution >= 0.6 is 45.2 Å². The standard InChI is InChI=1S/C9H9I2NO/c10-5-3-6-8(12)1-2-13-9(6)7(11)4-5/h3-4,8H,1-2,12H2/t8-/m1/s1. The highest BCUT2D eigenvalue weighted by Crippen LogP contribution is 2.35. The molecule has 2 rings (SSSR count). The van der Waals surface area contributed by atoms with Crippen LogP contribution in [-0.4, -0.2) is 6.61 Å². The maximum atomic E-state index is 6.00. The summed E-state index contributed by atoms with van der Waals surface area (Å²) in [5.74, 6) is 0.986. The summed E-state index contributed by atoms with van der Waals surface area (Å²) in [4.78, 5) is 0. The third-order valence-corrected chi connectivity index (χ3v) is 3.54. The summed E-state index contributed by atoms with van der Waals surface area (Å²) in [6, 6.07) is 4.37. The van der Waals surface area contributed by atoms with E-state index in [1.54, 1.807) is 0 Å². The van der Waals surface area contributed by atoms with E-state index in [1.807, 2.05) is 0 Å². The molecule has 1 heterocycles. The Balaban J connectivity index is 2.56. The van der Waals surface area contributed by atoms with Gasteiger partial charge in [-0.3, -0.25) is 0 Å². The summed E-state index contributed by atoms with van der Waals surface area (Å²) < 4.78 is 7.97. The predicted octanol–water partition coefficient (Wildman–Crippen LogP) is 2.68. The molecule has 0 saturated heterocycles. The molecule has 0 fully saturated rings. The Hall–Kier alpha value is 0.440. The molecule has 0 aliphatic carbocycles. The largest absolute Gasteiger partial charge is 0.492 e. The zero-order valence-electron chi connectivity index (χ0n) is 6.89. The van der Waals surface area contributed by atoms with E-state index in [-0.39, 0.29) is 6.04 Å². The van der Waals surface area contributed by atoms with Crippen molar-refractivity contribution in [1.29, 1.82) is 0 Å². The number of rotatable bonds is 0. The van der Waals surface area contributed by atoms with Crippen molar-refractivity contribution >= 4 is 45.2 Å². The van der Waals surface area contributed by atoms with Gasteiger partial charge in [0.1, 0.15) is 5.75 Å². The van der Waals surface area contributed by atoms with Gasteiger partial charge in [-0.25, -0.2) is 0 Å². The number of hydrogen-bond donors (Lipinski definition) is 1. The lowest BCUT2D eigenvalue weighted by molar-refractivity contribution is 0.267. The summed E-state index contributed by atoms with van der Waals surface area (Å²) in [7, 11) is 0. The first-order chi connectivity index (χ1) is 6.18. The predicted molar refractivity (Wildman–Crippen MR) is 68.9 cm³/mol. The van der Waals surface area contributed by atoms with Gasteiger partial charge in [0, 0.05) is 21.6 Å². The quantitative estimate of drug-likeness (QED) is 0.679. The van der Waals surface area contributed by atoms with Crippen LogP contribution in [0.1, 0.15) is 18.0 Å². The molecule has 0 amide bonds. The van der Waals surface area contributed by atoms with Gasteiger partial charge >= 0.3 is 0 Å². The molecule has 4 heteroatoms. The second-order valence-electron chi connectivity index (χ2n) is 3.05. The van der Waals surface area contributed by atoms with Gasteiger partial charge in [-0.15, -0.1) is 0 Å². The molecule has 1 aliphatic heterocycles. The van der Waals surface area contributed by atoms with Crippen LogP contribution in [0.4, 0.5) is 0 Å². The van der Waals surface area contributed by atoms with Crippen molar-refractivity contribution in [3.8, 4) is 5.75 Å². The van der Waals surface area contributed by atoms with Gasteiger partial charge in [0.2, 0.25) is 0 Å². The van der Waals surface area contributed by atoms with E-state index in [0.29, 0.717) is 0 Å². The third kappa shape index (κ3) is 1.94. The van der Waals surface area contributed by atoms with Gasteiger partial charge < -0.3 is 10.5 Å². The van der Waals surface area contributed by atoms with E-state index >= 15 is 0 Å². The maximum Gasteiger partial charge on any atom is 0.137 e. The minimum absolute atomic E-state index is 0.145. The van der Waals surface area contributed by atoms with Gasteiger partial charge in [-0.1, -0.05) is 0 Å². The SMILES string of the molecule is N[C@@H]1CCOc2c(I)cc(I)cc21. The van der Waals surface area contributed by atoms with Gasteiger partial charge in [-0.2, -0.15) is 0 Å². The van der Waals surface area contributed by atoms with Crippen LogP contribution in [0.25, 0.3) is 0 Å². The lowest BCUT2D eigenvalue weighted by Gasteiger charge is -2.24. The summed E-state index contributed by atoms with van der Waals surface area (Å²) >= 11 is 4.60. The fourth-order valence-electron chi connectivity index (χ4n) is 1.45. The Morgan fingerprint density at radius 3 is 2.92 bits per heavy atom. The topological polar surface area (TPSA) is 35.2 Å².